The summed E-state index contributed by atoms with van der Waals surface area (Å²) < 4.78 is 11.4. The Balaban J connectivity index is 1.62. The number of nitrogens with zero attached hydrogens (tertiary/aromatic N) is 2. The highest BCUT2D eigenvalue weighted by atomic mass is 16.5. The number of hydrogen-bond acceptors (Lipinski definition) is 7. The Kier molecular flexibility index (Phi) is 11.4. The lowest BCUT2D eigenvalue weighted by molar-refractivity contribution is -0.115. The molecule has 2 aliphatic heterocycles. The zero-order valence-corrected chi connectivity index (χ0v) is 29.5. The van der Waals surface area contributed by atoms with E-state index in [-0.39, 0.29) is 18.0 Å². The number of pyridine rings is 1. The summed E-state index contributed by atoms with van der Waals surface area (Å²) in [6.07, 6.45) is 5.24. The van der Waals surface area contributed by atoms with E-state index in [1.807, 2.05) is 32.9 Å². The molecule has 48 heavy (non-hydrogen) atoms. The average molecular weight is 657 g/mol. The molecule has 0 saturated carbocycles. The van der Waals surface area contributed by atoms with E-state index in [1.54, 1.807) is 0 Å². The van der Waals surface area contributed by atoms with E-state index >= 15 is 0 Å². The van der Waals surface area contributed by atoms with Gasteiger partial charge in [-0.05, 0) is 112 Å². The van der Waals surface area contributed by atoms with E-state index in [4.69, 9.17) is 9.47 Å². The quantitative estimate of drug-likeness (QED) is 0.231. The molecule has 0 radical (unpaired) electrons. The van der Waals surface area contributed by atoms with Crippen LogP contribution in [-0.4, -0.2) is 69.8 Å². The van der Waals surface area contributed by atoms with Crippen LogP contribution in [0.1, 0.15) is 84.3 Å². The predicted molar refractivity (Wildman–Crippen MR) is 193 cm³/mol. The molecule has 2 aromatic carbocycles. The van der Waals surface area contributed by atoms with Gasteiger partial charge < -0.3 is 34.4 Å². The number of aromatic amines is 1. The minimum absolute atomic E-state index is 0.134. The van der Waals surface area contributed by atoms with Crippen molar-refractivity contribution in [1.82, 2.24) is 10.3 Å². The summed E-state index contributed by atoms with van der Waals surface area (Å²) in [5.41, 5.74) is 7.90. The van der Waals surface area contributed by atoms with Crippen molar-refractivity contribution in [2.45, 2.75) is 84.7 Å². The molecule has 9 nitrogen and oxygen atoms in total. The summed E-state index contributed by atoms with van der Waals surface area (Å²) in [5.74, 6) is -0.222. The van der Waals surface area contributed by atoms with Gasteiger partial charge in [0.2, 0.25) is 0 Å². The molecule has 2 fully saturated rings. The number of benzene rings is 2. The smallest absolute Gasteiger partial charge is 0.253 e. The standard InChI is InChI=1S/C39H52N4O5/c1-7-15-42(6)36-22-29(9-10-34(36)39(25-44)13-18-48-19-14-39)30-21-32(37(45)40-24-33-26(3)20-27(4)41-38(33)46)28(5)35(23-30)43(8-2)31-11-16-47-17-12-31/h9-10,20-23,25,31H,7-8,11-19,24H2,1-6H3,(H,40,45)(H,41,46). The van der Waals surface area contributed by atoms with Crippen LogP contribution in [-0.2, 0) is 26.2 Å². The number of carbonyl (C=O) groups excluding carboxylic acids is 2. The maximum absolute atomic E-state index is 14.0. The second-order valence-electron chi connectivity index (χ2n) is 13.5. The summed E-state index contributed by atoms with van der Waals surface area (Å²) in [6, 6.07) is 12.8. The highest BCUT2D eigenvalue weighted by molar-refractivity contribution is 5.99. The van der Waals surface area contributed by atoms with E-state index in [0.29, 0.717) is 43.2 Å². The lowest BCUT2D eigenvalue weighted by atomic mass is 9.74. The van der Waals surface area contributed by atoms with Crippen molar-refractivity contribution in [3.63, 3.8) is 0 Å². The maximum atomic E-state index is 14.0. The minimum atomic E-state index is -0.592. The van der Waals surface area contributed by atoms with Gasteiger partial charge in [0.05, 0.1) is 5.41 Å². The van der Waals surface area contributed by atoms with Crippen LogP contribution in [0.15, 0.2) is 41.2 Å². The topological polar surface area (TPSA) is 104 Å². The number of H-pyrrole nitrogens is 1. The zero-order chi connectivity index (χ0) is 34.4. The Morgan fingerprint density at radius 1 is 0.979 bits per heavy atom. The van der Waals surface area contributed by atoms with Crippen LogP contribution in [0.5, 0.6) is 0 Å². The Morgan fingerprint density at radius 3 is 2.31 bits per heavy atom. The van der Waals surface area contributed by atoms with Gasteiger partial charge in [0.25, 0.3) is 11.5 Å². The monoisotopic (exact) mass is 656 g/mol. The van der Waals surface area contributed by atoms with Crippen molar-refractivity contribution in [1.29, 1.82) is 0 Å². The number of aromatic nitrogens is 1. The van der Waals surface area contributed by atoms with Crippen molar-refractivity contribution in [2.75, 3.05) is 56.4 Å². The third-order valence-corrected chi connectivity index (χ3v) is 10.3. The van der Waals surface area contributed by atoms with Crippen molar-refractivity contribution in [3.8, 4) is 11.1 Å². The minimum Gasteiger partial charge on any atom is -0.381 e. The van der Waals surface area contributed by atoms with Gasteiger partial charge in [-0.1, -0.05) is 19.1 Å². The Morgan fingerprint density at radius 2 is 1.67 bits per heavy atom. The lowest BCUT2D eigenvalue weighted by Crippen LogP contribution is -2.40. The molecule has 0 atom stereocenters. The summed E-state index contributed by atoms with van der Waals surface area (Å²) in [7, 11) is 2.09. The molecular formula is C39H52N4O5. The van der Waals surface area contributed by atoms with Crippen molar-refractivity contribution in [2.24, 2.45) is 0 Å². The summed E-state index contributed by atoms with van der Waals surface area (Å²) in [5, 5.41) is 3.05. The molecule has 2 N–H and O–H groups in total. The molecule has 2 saturated heterocycles. The van der Waals surface area contributed by atoms with E-state index < -0.39 is 5.41 Å². The van der Waals surface area contributed by atoms with Crippen molar-refractivity contribution in [3.05, 3.63) is 80.3 Å². The number of aldehydes is 1. The van der Waals surface area contributed by atoms with E-state index in [1.165, 1.54) is 0 Å². The zero-order valence-electron chi connectivity index (χ0n) is 29.5. The van der Waals surface area contributed by atoms with Crippen LogP contribution in [0.25, 0.3) is 11.1 Å². The fourth-order valence-corrected chi connectivity index (χ4v) is 7.48. The number of carbonyl (C=O) groups is 2. The molecular weight excluding hydrogens is 604 g/mol. The summed E-state index contributed by atoms with van der Waals surface area (Å²) in [6.45, 7) is 14.4. The number of hydrogen-bond donors (Lipinski definition) is 2. The van der Waals surface area contributed by atoms with Crippen molar-refractivity contribution >= 4 is 23.6 Å². The van der Waals surface area contributed by atoms with Crippen molar-refractivity contribution < 1.29 is 19.1 Å². The first-order valence-electron chi connectivity index (χ1n) is 17.5. The first kappa shape index (κ1) is 35.4. The van der Waals surface area contributed by atoms with Crippen LogP contribution < -0.4 is 20.7 Å². The van der Waals surface area contributed by atoms with Crippen LogP contribution >= 0.6 is 0 Å². The molecule has 0 spiro atoms. The Labute approximate surface area is 285 Å². The van der Waals surface area contributed by atoms with Gasteiger partial charge in [-0.2, -0.15) is 0 Å². The van der Waals surface area contributed by atoms with Gasteiger partial charge in [-0.25, -0.2) is 0 Å². The highest BCUT2D eigenvalue weighted by Crippen LogP contribution is 2.42. The number of nitrogens with one attached hydrogen (secondary N) is 2. The SMILES string of the molecule is CCCN(C)c1cc(-c2cc(C(=O)NCc3c(C)cc(C)[nH]c3=O)c(C)c(N(CC)C3CCOCC3)c2)ccc1C1(C=O)CCOCC1. The molecule has 0 unspecified atom stereocenters. The van der Waals surface area contributed by atoms with E-state index in [9.17, 15) is 14.4 Å². The Bertz CT molecular complexity index is 1670. The third kappa shape index (κ3) is 7.37. The van der Waals surface area contributed by atoms with Crippen LogP contribution in [0.2, 0.25) is 0 Å². The molecule has 2 aliphatic rings. The second kappa shape index (κ2) is 15.5. The van der Waals surface area contributed by atoms with Gasteiger partial charge in [-0.3, -0.25) is 9.59 Å². The molecule has 0 aliphatic carbocycles. The first-order valence-corrected chi connectivity index (χ1v) is 17.5. The van der Waals surface area contributed by atoms with Gasteiger partial charge in [0.1, 0.15) is 6.29 Å². The summed E-state index contributed by atoms with van der Waals surface area (Å²) in [4.78, 5) is 47.0. The number of amides is 1. The molecule has 0 bridgehead atoms. The van der Waals surface area contributed by atoms with Gasteiger partial charge >= 0.3 is 0 Å². The molecule has 9 heteroatoms. The number of anilines is 2. The molecule has 1 aromatic heterocycles. The molecule has 3 heterocycles. The van der Waals surface area contributed by atoms with E-state index in [0.717, 1.165) is 96.7 Å². The van der Waals surface area contributed by atoms with Gasteiger partial charge in [0.15, 0.2) is 0 Å². The number of rotatable bonds is 12. The summed E-state index contributed by atoms with van der Waals surface area (Å²) >= 11 is 0. The molecule has 258 valence electrons. The first-order chi connectivity index (χ1) is 23.1. The van der Waals surface area contributed by atoms with Crippen LogP contribution in [0.3, 0.4) is 0 Å². The third-order valence-electron chi connectivity index (χ3n) is 10.3. The maximum Gasteiger partial charge on any atom is 0.253 e. The fourth-order valence-electron chi connectivity index (χ4n) is 7.48. The van der Waals surface area contributed by atoms with Gasteiger partial charge in [0, 0.05) is 87.3 Å². The number of ether oxygens (including phenoxy) is 2. The lowest BCUT2D eigenvalue weighted by Gasteiger charge is -2.37. The van der Waals surface area contributed by atoms with Crippen LogP contribution in [0.4, 0.5) is 11.4 Å². The largest absolute Gasteiger partial charge is 0.381 e. The normalized spacial score (nSPS) is 16.4. The highest BCUT2D eigenvalue weighted by Gasteiger charge is 2.37. The molecule has 5 rings (SSSR count). The Hall–Kier alpha value is -3.95. The second-order valence-corrected chi connectivity index (χ2v) is 13.5. The average Bonchev–Trinajstić information content (AvgIpc) is 3.09. The van der Waals surface area contributed by atoms with Crippen LogP contribution in [0, 0.1) is 20.8 Å². The molecule has 3 aromatic rings. The predicted octanol–water partition coefficient (Wildman–Crippen LogP) is 6.00. The van der Waals surface area contributed by atoms with Gasteiger partial charge in [-0.15, -0.1) is 0 Å². The van der Waals surface area contributed by atoms with E-state index in [2.05, 4.69) is 65.3 Å². The molecule has 1 amide bonds. The number of aryl methyl sites for hydroxylation is 2. The fraction of sp³-hybridized carbons (Fsp3) is 0.513.